The highest BCUT2D eigenvalue weighted by atomic mass is 35.5. The molecule has 0 aliphatic rings. The van der Waals surface area contributed by atoms with E-state index in [0.717, 1.165) is 11.1 Å². The molecule has 90 valence electrons. The van der Waals surface area contributed by atoms with E-state index in [1.807, 2.05) is 49.4 Å². The number of allylic oxidation sites excluding steroid dienone is 1. The molecule has 2 aromatic carbocycles. The van der Waals surface area contributed by atoms with Gasteiger partial charge in [-0.15, -0.1) is 0 Å². The molecule has 2 rings (SSSR count). The Morgan fingerprint density at radius 1 is 1.11 bits per heavy atom. The zero-order valence-electron chi connectivity index (χ0n) is 10.1. The first-order chi connectivity index (χ1) is 8.65. The molecule has 2 heteroatoms. The van der Waals surface area contributed by atoms with Crippen molar-refractivity contribution in [2.75, 3.05) is 0 Å². The minimum Gasteiger partial charge on any atom is -0.289 e. The van der Waals surface area contributed by atoms with Crippen LogP contribution < -0.4 is 0 Å². The SMILES string of the molecule is Cc1ccc(C(=O)/C=C/c2cccc(Cl)c2)cc1. The zero-order chi connectivity index (χ0) is 13.0. The smallest absolute Gasteiger partial charge is 0.185 e. The van der Waals surface area contributed by atoms with Gasteiger partial charge in [-0.05, 0) is 30.7 Å². The standard InChI is InChI=1S/C16H13ClO/c1-12-5-8-14(9-6-12)16(18)10-7-13-3-2-4-15(17)11-13/h2-11H,1H3/b10-7+. The molecule has 2 aromatic rings. The quantitative estimate of drug-likeness (QED) is 0.582. The van der Waals surface area contributed by atoms with Crippen molar-refractivity contribution in [3.8, 4) is 0 Å². The summed E-state index contributed by atoms with van der Waals surface area (Å²) in [5.41, 5.74) is 2.76. The van der Waals surface area contributed by atoms with Crippen LogP contribution in [0.2, 0.25) is 5.02 Å². The van der Waals surface area contributed by atoms with Crippen molar-refractivity contribution in [3.63, 3.8) is 0 Å². The molecule has 0 unspecified atom stereocenters. The Bertz CT molecular complexity index is 582. The third kappa shape index (κ3) is 3.31. The van der Waals surface area contributed by atoms with E-state index in [4.69, 9.17) is 11.6 Å². The Morgan fingerprint density at radius 3 is 2.50 bits per heavy atom. The minimum absolute atomic E-state index is 0.00465. The number of carbonyl (C=O) groups excluding carboxylic acids is 1. The number of aryl methyl sites for hydroxylation is 1. The van der Waals surface area contributed by atoms with E-state index >= 15 is 0 Å². The van der Waals surface area contributed by atoms with Crippen LogP contribution in [0.25, 0.3) is 6.08 Å². The first kappa shape index (κ1) is 12.6. The molecule has 0 bridgehead atoms. The Labute approximate surface area is 112 Å². The van der Waals surface area contributed by atoms with Gasteiger partial charge in [-0.2, -0.15) is 0 Å². The van der Waals surface area contributed by atoms with Crippen LogP contribution in [0.3, 0.4) is 0 Å². The van der Waals surface area contributed by atoms with Gasteiger partial charge in [0.15, 0.2) is 5.78 Å². The lowest BCUT2D eigenvalue weighted by Crippen LogP contribution is -1.93. The third-order valence-corrected chi connectivity index (χ3v) is 2.85. The number of hydrogen-bond acceptors (Lipinski definition) is 1. The topological polar surface area (TPSA) is 17.1 Å². The van der Waals surface area contributed by atoms with Gasteiger partial charge in [0.05, 0.1) is 0 Å². The number of ketones is 1. The fourth-order valence-corrected chi connectivity index (χ4v) is 1.79. The molecule has 0 aromatic heterocycles. The number of hydrogen-bond donors (Lipinski definition) is 0. The van der Waals surface area contributed by atoms with E-state index < -0.39 is 0 Å². The minimum atomic E-state index is -0.00465. The molecular formula is C16H13ClO. The summed E-state index contributed by atoms with van der Waals surface area (Å²) in [5.74, 6) is -0.00465. The molecular weight excluding hydrogens is 244 g/mol. The van der Waals surface area contributed by atoms with E-state index in [-0.39, 0.29) is 5.78 Å². The summed E-state index contributed by atoms with van der Waals surface area (Å²) in [7, 11) is 0. The number of rotatable bonds is 3. The Balaban J connectivity index is 2.14. The highest BCUT2D eigenvalue weighted by Gasteiger charge is 2.00. The van der Waals surface area contributed by atoms with Crippen LogP contribution >= 0.6 is 11.6 Å². The summed E-state index contributed by atoms with van der Waals surface area (Å²) >= 11 is 5.88. The van der Waals surface area contributed by atoms with Gasteiger partial charge in [0.25, 0.3) is 0 Å². The predicted molar refractivity (Wildman–Crippen MR) is 76.0 cm³/mol. The Hall–Kier alpha value is -1.86. The highest BCUT2D eigenvalue weighted by Crippen LogP contribution is 2.12. The number of carbonyl (C=O) groups is 1. The molecule has 0 heterocycles. The fourth-order valence-electron chi connectivity index (χ4n) is 1.60. The second-order valence-corrected chi connectivity index (χ2v) is 4.56. The van der Waals surface area contributed by atoms with Crippen molar-refractivity contribution in [1.82, 2.24) is 0 Å². The number of benzene rings is 2. The van der Waals surface area contributed by atoms with E-state index in [9.17, 15) is 4.79 Å². The van der Waals surface area contributed by atoms with Crippen molar-refractivity contribution in [2.45, 2.75) is 6.92 Å². The first-order valence-electron chi connectivity index (χ1n) is 5.70. The van der Waals surface area contributed by atoms with Crippen LogP contribution in [0.5, 0.6) is 0 Å². The van der Waals surface area contributed by atoms with Gasteiger partial charge in [-0.1, -0.05) is 59.6 Å². The van der Waals surface area contributed by atoms with Crippen LogP contribution in [0.1, 0.15) is 21.5 Å². The van der Waals surface area contributed by atoms with Crippen LogP contribution in [-0.2, 0) is 0 Å². The highest BCUT2D eigenvalue weighted by molar-refractivity contribution is 6.30. The molecule has 18 heavy (non-hydrogen) atoms. The van der Waals surface area contributed by atoms with Crippen molar-refractivity contribution in [2.24, 2.45) is 0 Å². The molecule has 0 amide bonds. The van der Waals surface area contributed by atoms with Crippen LogP contribution in [0.4, 0.5) is 0 Å². The average Bonchev–Trinajstić information content (AvgIpc) is 2.37. The van der Waals surface area contributed by atoms with Crippen molar-refractivity contribution in [3.05, 3.63) is 76.3 Å². The second-order valence-electron chi connectivity index (χ2n) is 4.12. The Morgan fingerprint density at radius 2 is 1.83 bits per heavy atom. The summed E-state index contributed by atoms with van der Waals surface area (Å²) in [4.78, 5) is 11.9. The molecule has 1 nitrogen and oxygen atoms in total. The van der Waals surface area contributed by atoms with Gasteiger partial charge in [0.1, 0.15) is 0 Å². The summed E-state index contributed by atoms with van der Waals surface area (Å²) < 4.78 is 0. The average molecular weight is 257 g/mol. The van der Waals surface area contributed by atoms with Crippen molar-refractivity contribution in [1.29, 1.82) is 0 Å². The molecule has 0 spiro atoms. The molecule has 0 aliphatic carbocycles. The van der Waals surface area contributed by atoms with Crippen LogP contribution in [-0.4, -0.2) is 5.78 Å². The first-order valence-corrected chi connectivity index (χ1v) is 6.07. The van der Waals surface area contributed by atoms with Gasteiger partial charge in [0, 0.05) is 10.6 Å². The monoisotopic (exact) mass is 256 g/mol. The summed E-state index contributed by atoms with van der Waals surface area (Å²) in [6, 6.07) is 14.9. The fraction of sp³-hybridized carbons (Fsp3) is 0.0625. The number of halogens is 1. The molecule has 0 N–H and O–H groups in total. The summed E-state index contributed by atoms with van der Waals surface area (Å²) in [6.07, 6.45) is 3.34. The molecule has 0 saturated carbocycles. The summed E-state index contributed by atoms with van der Waals surface area (Å²) in [6.45, 7) is 2.00. The maximum absolute atomic E-state index is 11.9. The largest absolute Gasteiger partial charge is 0.289 e. The lowest BCUT2D eigenvalue weighted by Gasteiger charge is -1.97. The molecule has 0 fully saturated rings. The maximum atomic E-state index is 11.9. The molecule has 0 saturated heterocycles. The van der Waals surface area contributed by atoms with E-state index in [1.165, 1.54) is 0 Å². The lowest BCUT2D eigenvalue weighted by molar-refractivity contribution is 0.104. The molecule has 0 radical (unpaired) electrons. The maximum Gasteiger partial charge on any atom is 0.185 e. The van der Waals surface area contributed by atoms with Gasteiger partial charge in [-0.25, -0.2) is 0 Å². The third-order valence-electron chi connectivity index (χ3n) is 2.61. The van der Waals surface area contributed by atoms with Gasteiger partial charge < -0.3 is 0 Å². The predicted octanol–water partition coefficient (Wildman–Crippen LogP) is 4.54. The van der Waals surface area contributed by atoms with Gasteiger partial charge in [0.2, 0.25) is 0 Å². The summed E-state index contributed by atoms with van der Waals surface area (Å²) in [5, 5.41) is 0.667. The lowest BCUT2D eigenvalue weighted by atomic mass is 10.1. The zero-order valence-corrected chi connectivity index (χ0v) is 10.8. The van der Waals surface area contributed by atoms with Crippen LogP contribution in [0, 0.1) is 6.92 Å². The van der Waals surface area contributed by atoms with Gasteiger partial charge in [-0.3, -0.25) is 4.79 Å². The van der Waals surface area contributed by atoms with Crippen molar-refractivity contribution < 1.29 is 4.79 Å². The molecule has 0 aliphatic heterocycles. The van der Waals surface area contributed by atoms with Crippen LogP contribution in [0.15, 0.2) is 54.6 Å². The normalized spacial score (nSPS) is 10.8. The Kier molecular flexibility index (Phi) is 3.96. The van der Waals surface area contributed by atoms with E-state index in [1.54, 1.807) is 18.2 Å². The van der Waals surface area contributed by atoms with E-state index in [2.05, 4.69) is 0 Å². The molecule has 0 atom stereocenters. The van der Waals surface area contributed by atoms with Gasteiger partial charge >= 0.3 is 0 Å². The second kappa shape index (κ2) is 5.65. The van der Waals surface area contributed by atoms with Crippen molar-refractivity contribution >= 4 is 23.5 Å². The van der Waals surface area contributed by atoms with E-state index in [0.29, 0.717) is 10.6 Å².